The maximum absolute atomic E-state index is 10.9. The standard InChI is InChI=1S/C11H11N3O3/c12-10-8(11(15)16)2-1-3-9(10)13-6-7-4-5-17-14-7/h1-5,13H,6,12H2,(H,15,16). The van der Waals surface area contributed by atoms with Crippen molar-refractivity contribution in [3.05, 3.63) is 41.8 Å². The van der Waals surface area contributed by atoms with Crippen LogP contribution in [0.3, 0.4) is 0 Å². The van der Waals surface area contributed by atoms with Crippen molar-refractivity contribution in [3.8, 4) is 0 Å². The summed E-state index contributed by atoms with van der Waals surface area (Å²) < 4.78 is 4.68. The minimum Gasteiger partial charge on any atom is -0.478 e. The molecule has 0 amide bonds. The van der Waals surface area contributed by atoms with Gasteiger partial charge in [0.25, 0.3) is 0 Å². The number of aromatic carboxylic acids is 1. The number of carboxylic acids is 1. The number of nitrogens with zero attached hydrogens (tertiary/aromatic N) is 1. The zero-order chi connectivity index (χ0) is 12.3. The quantitative estimate of drug-likeness (QED) is 0.693. The van der Waals surface area contributed by atoms with E-state index in [0.29, 0.717) is 17.9 Å². The molecular weight excluding hydrogens is 222 g/mol. The first-order valence-electron chi connectivity index (χ1n) is 4.93. The number of hydrogen-bond donors (Lipinski definition) is 3. The Morgan fingerprint density at radius 1 is 1.47 bits per heavy atom. The molecule has 0 fully saturated rings. The van der Waals surface area contributed by atoms with E-state index in [1.54, 1.807) is 18.2 Å². The van der Waals surface area contributed by atoms with Gasteiger partial charge in [0.1, 0.15) is 12.0 Å². The predicted octanol–water partition coefficient (Wildman–Crippen LogP) is 1.57. The maximum Gasteiger partial charge on any atom is 0.337 e. The highest BCUT2D eigenvalue weighted by Gasteiger charge is 2.10. The molecule has 0 saturated heterocycles. The maximum atomic E-state index is 10.9. The Balaban J connectivity index is 2.16. The molecule has 0 aliphatic carbocycles. The predicted molar refractivity (Wildman–Crippen MR) is 61.6 cm³/mol. The average molecular weight is 233 g/mol. The number of carboxylic acid groups (broad SMARTS) is 1. The third-order valence-corrected chi connectivity index (χ3v) is 2.29. The van der Waals surface area contributed by atoms with Gasteiger partial charge in [0, 0.05) is 6.07 Å². The van der Waals surface area contributed by atoms with E-state index in [-0.39, 0.29) is 11.3 Å². The molecule has 0 bridgehead atoms. The van der Waals surface area contributed by atoms with Crippen LogP contribution in [0.1, 0.15) is 16.1 Å². The van der Waals surface area contributed by atoms with E-state index in [4.69, 9.17) is 10.8 Å². The second-order valence-electron chi connectivity index (χ2n) is 3.42. The largest absolute Gasteiger partial charge is 0.478 e. The van der Waals surface area contributed by atoms with Crippen molar-refractivity contribution in [2.24, 2.45) is 0 Å². The van der Waals surface area contributed by atoms with Crippen LogP contribution in [0.25, 0.3) is 0 Å². The van der Waals surface area contributed by atoms with E-state index in [1.165, 1.54) is 12.3 Å². The van der Waals surface area contributed by atoms with Gasteiger partial charge >= 0.3 is 5.97 Å². The van der Waals surface area contributed by atoms with Crippen LogP contribution in [0.4, 0.5) is 11.4 Å². The van der Waals surface area contributed by atoms with Crippen molar-refractivity contribution in [2.45, 2.75) is 6.54 Å². The summed E-state index contributed by atoms with van der Waals surface area (Å²) in [7, 11) is 0. The van der Waals surface area contributed by atoms with E-state index >= 15 is 0 Å². The number of hydrogen-bond acceptors (Lipinski definition) is 5. The van der Waals surface area contributed by atoms with Crippen LogP contribution in [-0.2, 0) is 6.54 Å². The van der Waals surface area contributed by atoms with Crippen LogP contribution in [0.15, 0.2) is 35.1 Å². The van der Waals surface area contributed by atoms with Gasteiger partial charge in [-0.05, 0) is 12.1 Å². The molecule has 2 aromatic rings. The van der Waals surface area contributed by atoms with Crippen LogP contribution >= 0.6 is 0 Å². The fourth-order valence-corrected chi connectivity index (χ4v) is 1.42. The molecule has 6 heteroatoms. The molecular formula is C11H11N3O3. The molecule has 1 heterocycles. The van der Waals surface area contributed by atoms with Gasteiger partial charge < -0.3 is 20.7 Å². The van der Waals surface area contributed by atoms with Crippen LogP contribution < -0.4 is 11.1 Å². The Bertz CT molecular complexity index is 523. The van der Waals surface area contributed by atoms with Gasteiger partial charge in [-0.1, -0.05) is 11.2 Å². The number of aromatic nitrogens is 1. The lowest BCUT2D eigenvalue weighted by Gasteiger charge is -2.09. The molecule has 17 heavy (non-hydrogen) atoms. The highest BCUT2D eigenvalue weighted by Crippen LogP contribution is 2.23. The molecule has 0 spiro atoms. The van der Waals surface area contributed by atoms with Gasteiger partial charge in [0.05, 0.1) is 23.5 Å². The lowest BCUT2D eigenvalue weighted by molar-refractivity contribution is 0.0698. The van der Waals surface area contributed by atoms with E-state index in [2.05, 4.69) is 15.0 Å². The van der Waals surface area contributed by atoms with Gasteiger partial charge in [-0.15, -0.1) is 0 Å². The molecule has 4 N–H and O–H groups in total. The van der Waals surface area contributed by atoms with E-state index in [1.807, 2.05) is 0 Å². The van der Waals surface area contributed by atoms with Crippen molar-refractivity contribution in [2.75, 3.05) is 11.1 Å². The molecule has 1 aromatic heterocycles. The minimum atomic E-state index is -1.05. The van der Waals surface area contributed by atoms with Gasteiger partial charge in [0.15, 0.2) is 0 Å². The number of carbonyl (C=O) groups is 1. The zero-order valence-electron chi connectivity index (χ0n) is 8.88. The van der Waals surface area contributed by atoms with Crippen LogP contribution in [0.5, 0.6) is 0 Å². The molecule has 88 valence electrons. The Kier molecular flexibility index (Phi) is 2.95. The summed E-state index contributed by atoms with van der Waals surface area (Å²) in [5.74, 6) is -1.05. The second-order valence-corrected chi connectivity index (χ2v) is 3.42. The lowest BCUT2D eigenvalue weighted by Crippen LogP contribution is -2.07. The van der Waals surface area contributed by atoms with Gasteiger partial charge in [0.2, 0.25) is 0 Å². The monoisotopic (exact) mass is 233 g/mol. The molecule has 0 radical (unpaired) electrons. The topological polar surface area (TPSA) is 101 Å². The van der Waals surface area contributed by atoms with Gasteiger partial charge in [-0.2, -0.15) is 0 Å². The molecule has 0 aliphatic rings. The van der Waals surface area contributed by atoms with Crippen LogP contribution in [-0.4, -0.2) is 16.2 Å². The van der Waals surface area contributed by atoms with Crippen LogP contribution in [0, 0.1) is 0 Å². The van der Waals surface area contributed by atoms with Crippen molar-refractivity contribution < 1.29 is 14.4 Å². The molecule has 1 aromatic carbocycles. The Hall–Kier alpha value is -2.50. The summed E-state index contributed by atoms with van der Waals surface area (Å²) in [5, 5.41) is 15.6. The van der Waals surface area contributed by atoms with Gasteiger partial charge in [-0.25, -0.2) is 4.79 Å². The summed E-state index contributed by atoms with van der Waals surface area (Å²) in [6, 6.07) is 6.51. The first-order valence-corrected chi connectivity index (χ1v) is 4.93. The number of nitrogens with one attached hydrogen (secondary N) is 1. The number of anilines is 2. The third-order valence-electron chi connectivity index (χ3n) is 2.29. The molecule has 0 atom stereocenters. The number of rotatable bonds is 4. The van der Waals surface area contributed by atoms with Crippen molar-refractivity contribution in [3.63, 3.8) is 0 Å². The summed E-state index contributed by atoms with van der Waals surface area (Å²) in [6.45, 7) is 0.420. The van der Waals surface area contributed by atoms with Crippen molar-refractivity contribution in [1.82, 2.24) is 5.16 Å². The Morgan fingerprint density at radius 3 is 2.94 bits per heavy atom. The Labute approximate surface area is 97.0 Å². The lowest BCUT2D eigenvalue weighted by atomic mass is 10.1. The summed E-state index contributed by atoms with van der Waals surface area (Å²) in [6.07, 6.45) is 1.47. The van der Waals surface area contributed by atoms with Crippen LogP contribution in [0.2, 0.25) is 0 Å². The van der Waals surface area contributed by atoms with Gasteiger partial charge in [-0.3, -0.25) is 0 Å². The SMILES string of the molecule is Nc1c(NCc2ccon2)cccc1C(=O)O. The molecule has 6 nitrogen and oxygen atoms in total. The molecule has 0 aliphatic heterocycles. The highest BCUT2D eigenvalue weighted by atomic mass is 16.5. The first-order chi connectivity index (χ1) is 8.18. The summed E-state index contributed by atoms with van der Waals surface area (Å²) in [5.41, 5.74) is 7.30. The number of nitrogens with two attached hydrogens (primary N) is 1. The normalized spacial score (nSPS) is 10.1. The average Bonchev–Trinajstić information content (AvgIpc) is 2.80. The third kappa shape index (κ3) is 2.36. The van der Waals surface area contributed by atoms with E-state index in [9.17, 15) is 4.79 Å². The summed E-state index contributed by atoms with van der Waals surface area (Å²) in [4.78, 5) is 10.9. The highest BCUT2D eigenvalue weighted by molar-refractivity contribution is 5.97. The second kappa shape index (κ2) is 4.56. The van der Waals surface area contributed by atoms with Crippen molar-refractivity contribution >= 4 is 17.3 Å². The van der Waals surface area contributed by atoms with Crippen molar-refractivity contribution in [1.29, 1.82) is 0 Å². The number of para-hydroxylation sites is 1. The zero-order valence-corrected chi connectivity index (χ0v) is 8.88. The Morgan fingerprint density at radius 2 is 2.29 bits per heavy atom. The molecule has 0 saturated carbocycles. The molecule has 2 rings (SSSR count). The van der Waals surface area contributed by atoms with E-state index < -0.39 is 5.97 Å². The number of nitrogen functional groups attached to an aromatic ring is 1. The number of benzene rings is 1. The molecule has 0 unspecified atom stereocenters. The van der Waals surface area contributed by atoms with E-state index in [0.717, 1.165) is 0 Å². The minimum absolute atomic E-state index is 0.0788. The first kappa shape index (κ1) is 11.0. The smallest absolute Gasteiger partial charge is 0.337 e. The fraction of sp³-hybridized carbons (Fsp3) is 0.0909. The summed E-state index contributed by atoms with van der Waals surface area (Å²) >= 11 is 0. The fourth-order valence-electron chi connectivity index (χ4n) is 1.42.